The van der Waals surface area contributed by atoms with E-state index in [1.54, 1.807) is 0 Å². The topological polar surface area (TPSA) is 75.7 Å². The number of sulfonamides is 1. The van der Waals surface area contributed by atoms with E-state index < -0.39 is 61.4 Å². The molecule has 13 heteroatoms. The third-order valence-corrected chi connectivity index (χ3v) is 10.6. The van der Waals surface area contributed by atoms with Gasteiger partial charge in [-0.25, -0.2) is 21.9 Å². The molecule has 2 saturated carbocycles. The lowest BCUT2D eigenvalue weighted by Gasteiger charge is -2.39. The van der Waals surface area contributed by atoms with Gasteiger partial charge in [0.2, 0.25) is 10.0 Å². The van der Waals surface area contributed by atoms with E-state index in [4.69, 9.17) is 16.3 Å². The highest BCUT2D eigenvalue weighted by molar-refractivity contribution is 7.91. The molecule has 1 amide bonds. The molecule has 3 atom stereocenters. The van der Waals surface area contributed by atoms with Crippen LogP contribution in [0.1, 0.15) is 84.3 Å². The number of halogens is 6. The first-order valence-electron chi connectivity index (χ1n) is 13.7. The van der Waals surface area contributed by atoms with Crippen LogP contribution in [0.4, 0.5) is 22.0 Å². The predicted octanol–water partition coefficient (Wildman–Crippen LogP) is 6.31. The lowest BCUT2D eigenvalue weighted by molar-refractivity contribution is -0.137. The number of amides is 1. The molecular formula is C28H28ClF5N2O4S. The highest BCUT2D eigenvalue weighted by Gasteiger charge is 2.43. The Kier molecular flexibility index (Phi) is 7.26. The summed E-state index contributed by atoms with van der Waals surface area (Å²) in [4.78, 5) is 14.9. The third kappa shape index (κ3) is 5.92. The standard InChI is InChI=1S/C28H28ClF5N2O4S/c29-23-8-16(28(32,33)34)9-25(26(23)31)40-19-10-17-3-4-18(11-19)36(17)13-15-7-24(30)22(12-21(15)14-1-2-14)27(37)35-41(38,39)20-5-6-20/h7-9,12,14,17-20H,1-6,10-11,13H2,(H,35,37)/t17-,18+,19?. The Labute approximate surface area is 239 Å². The molecule has 0 aromatic heterocycles. The fraction of sp³-hybridized carbons (Fsp3) is 0.536. The van der Waals surface area contributed by atoms with Gasteiger partial charge in [0.25, 0.3) is 5.91 Å². The molecule has 4 fully saturated rings. The van der Waals surface area contributed by atoms with Crippen molar-refractivity contribution in [2.75, 3.05) is 0 Å². The van der Waals surface area contributed by atoms with Crippen molar-refractivity contribution >= 4 is 27.5 Å². The van der Waals surface area contributed by atoms with E-state index in [0.717, 1.165) is 36.8 Å². The molecule has 0 radical (unpaired) electrons. The zero-order valence-electron chi connectivity index (χ0n) is 21.8. The van der Waals surface area contributed by atoms with Gasteiger partial charge in [0.05, 0.1) is 21.4 Å². The van der Waals surface area contributed by atoms with Gasteiger partial charge in [-0.3, -0.25) is 9.69 Å². The zero-order valence-corrected chi connectivity index (χ0v) is 23.4. The maximum atomic E-state index is 15.2. The van der Waals surface area contributed by atoms with Crippen molar-refractivity contribution in [1.82, 2.24) is 9.62 Å². The number of ether oxygens (including phenoxy) is 1. The maximum absolute atomic E-state index is 15.2. The van der Waals surface area contributed by atoms with Crippen molar-refractivity contribution in [3.05, 3.63) is 63.2 Å². The van der Waals surface area contributed by atoms with E-state index >= 15 is 4.39 Å². The smallest absolute Gasteiger partial charge is 0.416 e. The van der Waals surface area contributed by atoms with Crippen molar-refractivity contribution in [2.45, 2.75) is 93.4 Å². The molecule has 2 heterocycles. The third-order valence-electron chi connectivity index (χ3n) is 8.50. The van der Waals surface area contributed by atoms with Crippen molar-refractivity contribution < 1.29 is 39.9 Å². The number of nitrogens with one attached hydrogen (secondary N) is 1. The first-order valence-corrected chi connectivity index (χ1v) is 15.6. The number of hydrogen-bond donors (Lipinski definition) is 1. The Hall–Kier alpha value is -2.44. The summed E-state index contributed by atoms with van der Waals surface area (Å²) < 4.78 is 102. The predicted molar refractivity (Wildman–Crippen MR) is 140 cm³/mol. The maximum Gasteiger partial charge on any atom is 0.416 e. The molecule has 2 saturated heterocycles. The van der Waals surface area contributed by atoms with Gasteiger partial charge < -0.3 is 4.74 Å². The number of nitrogens with zero attached hydrogens (tertiary/aromatic N) is 1. The first kappa shape index (κ1) is 28.7. The molecular weight excluding hydrogens is 591 g/mol. The zero-order chi connectivity index (χ0) is 29.3. The van der Waals surface area contributed by atoms with Crippen molar-refractivity contribution in [1.29, 1.82) is 0 Å². The summed E-state index contributed by atoms with van der Waals surface area (Å²) in [5.41, 5.74) is 0.158. The Bertz CT molecular complexity index is 1480. The van der Waals surface area contributed by atoms with Gasteiger partial charge in [-0.15, -0.1) is 0 Å². The Morgan fingerprint density at radius 2 is 1.66 bits per heavy atom. The van der Waals surface area contributed by atoms with Crippen LogP contribution in [0.2, 0.25) is 5.02 Å². The Morgan fingerprint density at radius 1 is 1.00 bits per heavy atom. The second-order valence-corrected chi connectivity index (χ2v) is 13.9. The number of fused-ring (bicyclic) bond motifs is 2. The van der Waals surface area contributed by atoms with E-state index in [1.807, 2.05) is 4.72 Å². The van der Waals surface area contributed by atoms with Gasteiger partial charge in [0.1, 0.15) is 11.9 Å². The molecule has 6 rings (SSSR count). The summed E-state index contributed by atoms with van der Waals surface area (Å²) in [6.07, 6.45) is 0.00454. The van der Waals surface area contributed by atoms with Crippen LogP contribution in [0.15, 0.2) is 24.3 Å². The molecule has 2 bridgehead atoms. The number of alkyl halides is 3. The fourth-order valence-corrected chi connectivity index (χ4v) is 7.63. The van der Waals surface area contributed by atoms with Crippen LogP contribution in [-0.4, -0.2) is 42.7 Å². The van der Waals surface area contributed by atoms with Crippen LogP contribution in [0.3, 0.4) is 0 Å². The number of benzene rings is 2. The van der Waals surface area contributed by atoms with E-state index in [0.29, 0.717) is 44.4 Å². The summed E-state index contributed by atoms with van der Waals surface area (Å²) in [5, 5.41) is -1.27. The SMILES string of the molecule is O=C(NS(=O)(=O)C1CC1)c1cc(C2CC2)c(CN2[C@@H]3CC[C@H]2CC(Oc2cc(C(F)(F)F)cc(Cl)c2F)C3)cc1F. The summed E-state index contributed by atoms with van der Waals surface area (Å²) in [6, 6.07) is 3.93. The Morgan fingerprint density at radius 3 is 2.24 bits per heavy atom. The van der Waals surface area contributed by atoms with E-state index in [2.05, 4.69) is 4.90 Å². The highest BCUT2D eigenvalue weighted by atomic mass is 35.5. The van der Waals surface area contributed by atoms with Gasteiger partial charge in [-0.05, 0) is 92.7 Å². The molecule has 1 N–H and O–H groups in total. The minimum absolute atomic E-state index is 0.00939. The van der Waals surface area contributed by atoms with Crippen LogP contribution in [0.5, 0.6) is 5.75 Å². The normalized spacial score (nSPS) is 24.9. The number of rotatable bonds is 8. The fourth-order valence-electron chi connectivity index (χ4n) is 6.13. The molecule has 0 spiro atoms. The van der Waals surface area contributed by atoms with Crippen LogP contribution < -0.4 is 9.46 Å². The molecule has 222 valence electrons. The van der Waals surface area contributed by atoms with Gasteiger partial charge in [0.15, 0.2) is 11.6 Å². The molecule has 2 aliphatic heterocycles. The lowest BCUT2D eigenvalue weighted by Crippen LogP contribution is -2.46. The van der Waals surface area contributed by atoms with Gasteiger partial charge in [0, 0.05) is 18.6 Å². The van der Waals surface area contributed by atoms with Gasteiger partial charge in [-0.2, -0.15) is 13.2 Å². The molecule has 2 aliphatic carbocycles. The van der Waals surface area contributed by atoms with Crippen molar-refractivity contribution in [2.24, 2.45) is 0 Å². The molecule has 4 aliphatic rings. The largest absolute Gasteiger partial charge is 0.487 e. The second kappa shape index (κ2) is 10.4. The number of carbonyl (C=O) groups excluding carboxylic acids is 1. The van der Waals surface area contributed by atoms with E-state index in [-0.39, 0.29) is 23.6 Å². The molecule has 41 heavy (non-hydrogen) atoms. The number of piperidine rings is 1. The van der Waals surface area contributed by atoms with E-state index in [1.165, 1.54) is 12.1 Å². The average molecular weight is 619 g/mol. The van der Waals surface area contributed by atoms with Gasteiger partial charge >= 0.3 is 6.18 Å². The molecule has 2 aromatic rings. The molecule has 6 nitrogen and oxygen atoms in total. The summed E-state index contributed by atoms with van der Waals surface area (Å²) in [7, 11) is -3.82. The minimum Gasteiger partial charge on any atom is -0.487 e. The van der Waals surface area contributed by atoms with Crippen LogP contribution in [0.25, 0.3) is 0 Å². The minimum atomic E-state index is -4.70. The summed E-state index contributed by atoms with van der Waals surface area (Å²) in [5.74, 6) is -3.17. The monoisotopic (exact) mass is 618 g/mol. The number of hydrogen-bond acceptors (Lipinski definition) is 5. The lowest BCUT2D eigenvalue weighted by atomic mass is 9.95. The van der Waals surface area contributed by atoms with Crippen molar-refractivity contribution in [3.8, 4) is 5.75 Å². The van der Waals surface area contributed by atoms with Crippen molar-refractivity contribution in [3.63, 3.8) is 0 Å². The number of carbonyl (C=O) groups is 1. The van der Waals surface area contributed by atoms with Crippen LogP contribution >= 0.6 is 11.6 Å². The molecule has 2 aromatic carbocycles. The average Bonchev–Trinajstić information content (AvgIpc) is 3.79. The van der Waals surface area contributed by atoms with Crippen LogP contribution in [0, 0.1) is 11.6 Å². The second-order valence-electron chi connectivity index (χ2n) is 11.5. The van der Waals surface area contributed by atoms with Crippen LogP contribution in [-0.2, 0) is 22.7 Å². The molecule has 1 unspecified atom stereocenters. The summed E-state index contributed by atoms with van der Waals surface area (Å²) in [6.45, 7) is 0.400. The van der Waals surface area contributed by atoms with Gasteiger partial charge in [-0.1, -0.05) is 11.6 Å². The van der Waals surface area contributed by atoms with E-state index in [9.17, 15) is 30.8 Å². The summed E-state index contributed by atoms with van der Waals surface area (Å²) >= 11 is 5.71. The Balaban J connectivity index is 1.18. The first-order chi connectivity index (χ1) is 19.3. The highest BCUT2D eigenvalue weighted by Crippen LogP contribution is 2.45. The quantitative estimate of drug-likeness (QED) is 0.351.